The van der Waals surface area contributed by atoms with Gasteiger partial charge in [-0.2, -0.15) is 0 Å². The van der Waals surface area contributed by atoms with Gasteiger partial charge >= 0.3 is 0 Å². The summed E-state index contributed by atoms with van der Waals surface area (Å²) < 4.78 is 4.93. The number of hydrogen-bond acceptors (Lipinski definition) is 4. The number of nitrogens with two attached hydrogens (primary N) is 1. The van der Waals surface area contributed by atoms with Gasteiger partial charge in [0.15, 0.2) is 0 Å². The molecule has 0 saturated carbocycles. The quantitative estimate of drug-likeness (QED) is 0.579. The van der Waals surface area contributed by atoms with E-state index in [9.17, 15) is 4.79 Å². The maximum Gasteiger partial charge on any atom is 0.232 e. The molecule has 0 aliphatic carbocycles. The first-order valence-corrected chi connectivity index (χ1v) is 6.17. The number of hydrogen-bond donors (Lipinski definition) is 2. The Morgan fingerprint density at radius 1 is 1.53 bits per heavy atom. The Labute approximate surface area is 108 Å². The van der Waals surface area contributed by atoms with Gasteiger partial charge in [0, 0.05) is 20.2 Å². The molecule has 0 aliphatic heterocycles. The summed E-state index contributed by atoms with van der Waals surface area (Å²) in [6.45, 7) is 3.06. The molecule has 6 heteroatoms. The second-order valence-electron chi connectivity index (χ2n) is 3.79. The van der Waals surface area contributed by atoms with Crippen molar-refractivity contribution in [1.82, 2.24) is 4.90 Å². The summed E-state index contributed by atoms with van der Waals surface area (Å²) in [5.74, 6) is -0.552. The lowest BCUT2D eigenvalue weighted by atomic mass is 10.0. The summed E-state index contributed by atoms with van der Waals surface area (Å²) in [5, 5.41) is 8.94. The molecule has 1 unspecified atom stereocenters. The number of amides is 1. The minimum Gasteiger partial charge on any atom is -0.395 e. The standard InChI is InChI=1S/C11H22N2O3S/c1-3-4-9(10(12)17)11(15)13(5-7-14)6-8-16-2/h9,14H,3-8H2,1-2H3,(H2,12,17). The highest BCUT2D eigenvalue weighted by Crippen LogP contribution is 2.11. The summed E-state index contributed by atoms with van der Waals surface area (Å²) in [6.07, 6.45) is 1.48. The van der Waals surface area contributed by atoms with E-state index in [1.807, 2.05) is 6.92 Å². The van der Waals surface area contributed by atoms with Gasteiger partial charge in [-0.3, -0.25) is 4.79 Å². The second kappa shape index (κ2) is 9.32. The summed E-state index contributed by atoms with van der Waals surface area (Å²) in [6, 6.07) is 0. The molecule has 17 heavy (non-hydrogen) atoms. The third kappa shape index (κ3) is 5.95. The van der Waals surface area contributed by atoms with Gasteiger partial charge in [-0.25, -0.2) is 0 Å². The SMILES string of the molecule is CCCC(C(=O)N(CCO)CCOC)C(N)=S. The normalized spacial score (nSPS) is 12.2. The first-order valence-electron chi connectivity index (χ1n) is 5.76. The maximum absolute atomic E-state index is 12.2. The van der Waals surface area contributed by atoms with Crippen LogP contribution in [0.15, 0.2) is 0 Å². The molecular weight excluding hydrogens is 240 g/mol. The molecule has 0 aliphatic rings. The van der Waals surface area contributed by atoms with Gasteiger partial charge in [0.05, 0.1) is 24.1 Å². The minimum atomic E-state index is -0.432. The maximum atomic E-state index is 12.2. The number of nitrogens with zero attached hydrogens (tertiary/aromatic N) is 1. The predicted octanol–water partition coefficient (Wildman–Crippen LogP) is 0.156. The number of ether oxygens (including phenoxy) is 1. The number of carbonyl (C=O) groups is 1. The van der Waals surface area contributed by atoms with E-state index in [-0.39, 0.29) is 24.0 Å². The fourth-order valence-electron chi connectivity index (χ4n) is 1.55. The monoisotopic (exact) mass is 262 g/mol. The molecule has 0 bridgehead atoms. The molecule has 0 saturated heterocycles. The van der Waals surface area contributed by atoms with Crippen LogP contribution in [-0.4, -0.2) is 54.3 Å². The van der Waals surface area contributed by atoms with Crippen molar-refractivity contribution >= 4 is 23.1 Å². The zero-order chi connectivity index (χ0) is 13.3. The third-order valence-corrected chi connectivity index (χ3v) is 2.75. The van der Waals surface area contributed by atoms with E-state index in [4.69, 9.17) is 27.8 Å². The average molecular weight is 262 g/mol. The molecule has 0 fully saturated rings. The van der Waals surface area contributed by atoms with Crippen LogP contribution in [0.3, 0.4) is 0 Å². The van der Waals surface area contributed by atoms with Crippen molar-refractivity contribution in [3.63, 3.8) is 0 Å². The number of aliphatic hydroxyl groups excluding tert-OH is 1. The number of carbonyl (C=O) groups excluding carboxylic acids is 1. The van der Waals surface area contributed by atoms with Gasteiger partial charge in [-0.15, -0.1) is 0 Å². The smallest absolute Gasteiger partial charge is 0.232 e. The van der Waals surface area contributed by atoms with Crippen LogP contribution in [0.25, 0.3) is 0 Å². The fourth-order valence-corrected chi connectivity index (χ4v) is 1.77. The lowest BCUT2D eigenvalue weighted by molar-refractivity contribution is -0.134. The van der Waals surface area contributed by atoms with Crippen molar-refractivity contribution in [2.45, 2.75) is 19.8 Å². The van der Waals surface area contributed by atoms with Crippen LogP contribution in [0, 0.1) is 5.92 Å². The lowest BCUT2D eigenvalue weighted by Gasteiger charge is -2.26. The van der Waals surface area contributed by atoms with Crippen molar-refractivity contribution in [3.05, 3.63) is 0 Å². The van der Waals surface area contributed by atoms with Crippen LogP contribution in [-0.2, 0) is 9.53 Å². The van der Waals surface area contributed by atoms with Crippen molar-refractivity contribution in [3.8, 4) is 0 Å². The number of thiocarbonyl (C=S) groups is 1. The van der Waals surface area contributed by atoms with E-state index in [2.05, 4.69) is 0 Å². The van der Waals surface area contributed by atoms with Crippen molar-refractivity contribution in [2.75, 3.05) is 33.4 Å². The number of aliphatic hydroxyl groups is 1. The minimum absolute atomic E-state index is 0.0777. The van der Waals surface area contributed by atoms with E-state index in [0.29, 0.717) is 19.6 Å². The third-order valence-electron chi connectivity index (χ3n) is 2.47. The van der Waals surface area contributed by atoms with Gasteiger partial charge in [0.25, 0.3) is 0 Å². The topological polar surface area (TPSA) is 75.8 Å². The van der Waals surface area contributed by atoms with Crippen LogP contribution in [0.1, 0.15) is 19.8 Å². The van der Waals surface area contributed by atoms with E-state index >= 15 is 0 Å². The van der Waals surface area contributed by atoms with Gasteiger partial charge in [-0.05, 0) is 6.42 Å². The van der Waals surface area contributed by atoms with E-state index in [1.165, 1.54) is 0 Å². The van der Waals surface area contributed by atoms with Gasteiger partial charge in [0.1, 0.15) is 0 Å². The van der Waals surface area contributed by atoms with Crippen molar-refractivity contribution < 1.29 is 14.6 Å². The van der Waals surface area contributed by atoms with Gasteiger partial charge in [-0.1, -0.05) is 25.6 Å². The van der Waals surface area contributed by atoms with Crippen LogP contribution in [0.5, 0.6) is 0 Å². The molecule has 0 spiro atoms. The van der Waals surface area contributed by atoms with Gasteiger partial charge in [0.2, 0.25) is 5.91 Å². The molecule has 100 valence electrons. The zero-order valence-electron chi connectivity index (χ0n) is 10.5. The van der Waals surface area contributed by atoms with E-state index < -0.39 is 5.92 Å². The zero-order valence-corrected chi connectivity index (χ0v) is 11.3. The van der Waals surface area contributed by atoms with Crippen LogP contribution < -0.4 is 5.73 Å². The highest BCUT2D eigenvalue weighted by molar-refractivity contribution is 7.80. The molecule has 0 aromatic rings. The first-order chi connectivity index (χ1) is 8.08. The van der Waals surface area contributed by atoms with Crippen LogP contribution >= 0.6 is 12.2 Å². The molecular formula is C11H22N2O3S. The first kappa shape index (κ1) is 16.3. The molecule has 0 aromatic heterocycles. The summed E-state index contributed by atoms with van der Waals surface area (Å²) in [4.78, 5) is 13.9. The Morgan fingerprint density at radius 2 is 2.18 bits per heavy atom. The highest BCUT2D eigenvalue weighted by atomic mass is 32.1. The molecule has 0 rings (SSSR count). The van der Waals surface area contributed by atoms with Crippen LogP contribution in [0.4, 0.5) is 0 Å². The van der Waals surface area contributed by atoms with E-state index in [0.717, 1.165) is 6.42 Å². The Kier molecular flexibility index (Phi) is 8.93. The Bertz CT molecular complexity index is 249. The predicted molar refractivity (Wildman–Crippen MR) is 70.7 cm³/mol. The molecule has 1 atom stereocenters. The number of rotatable bonds is 9. The molecule has 0 radical (unpaired) electrons. The Balaban J connectivity index is 4.58. The second-order valence-corrected chi connectivity index (χ2v) is 4.26. The van der Waals surface area contributed by atoms with E-state index in [1.54, 1.807) is 12.0 Å². The lowest BCUT2D eigenvalue weighted by Crippen LogP contribution is -2.43. The fraction of sp³-hybridized carbons (Fsp3) is 0.818. The van der Waals surface area contributed by atoms with Crippen molar-refractivity contribution in [1.29, 1.82) is 0 Å². The Hall–Kier alpha value is -0.720. The molecule has 0 heterocycles. The molecule has 1 amide bonds. The molecule has 5 nitrogen and oxygen atoms in total. The average Bonchev–Trinajstić information content (AvgIpc) is 2.30. The summed E-state index contributed by atoms with van der Waals surface area (Å²) in [7, 11) is 1.57. The van der Waals surface area contributed by atoms with Gasteiger partial charge < -0.3 is 20.5 Å². The molecule has 0 aromatic carbocycles. The summed E-state index contributed by atoms with van der Waals surface area (Å²) in [5.41, 5.74) is 5.58. The molecule has 3 N–H and O–H groups in total. The Morgan fingerprint density at radius 3 is 2.59 bits per heavy atom. The highest BCUT2D eigenvalue weighted by Gasteiger charge is 2.25. The largest absolute Gasteiger partial charge is 0.395 e. The number of methoxy groups -OCH3 is 1. The summed E-state index contributed by atoms with van der Waals surface area (Å²) >= 11 is 4.91. The van der Waals surface area contributed by atoms with Crippen LogP contribution in [0.2, 0.25) is 0 Å². The van der Waals surface area contributed by atoms with Crippen molar-refractivity contribution in [2.24, 2.45) is 11.7 Å².